The summed E-state index contributed by atoms with van der Waals surface area (Å²) in [5.41, 5.74) is 7.27. The van der Waals surface area contributed by atoms with Crippen LogP contribution in [0.3, 0.4) is 0 Å². The molecule has 3 atom stereocenters. The van der Waals surface area contributed by atoms with E-state index in [1.807, 2.05) is 11.8 Å². The van der Waals surface area contributed by atoms with E-state index in [-0.39, 0.29) is 0 Å². The van der Waals surface area contributed by atoms with E-state index in [0.29, 0.717) is 18.0 Å². The Morgan fingerprint density at radius 2 is 1.39 bits per heavy atom. The van der Waals surface area contributed by atoms with Crippen molar-refractivity contribution in [2.75, 3.05) is 41.7 Å². The molecule has 3 aromatic carbocycles. The zero-order chi connectivity index (χ0) is 24.2. The third kappa shape index (κ3) is 4.90. The van der Waals surface area contributed by atoms with Crippen molar-refractivity contribution in [1.82, 2.24) is 5.32 Å². The van der Waals surface area contributed by atoms with E-state index >= 15 is 0 Å². The number of hydrogen-bond donors (Lipinski definition) is 1. The number of rotatable bonds is 5. The van der Waals surface area contributed by atoms with Crippen LogP contribution in [-0.4, -0.2) is 31.9 Å². The fourth-order valence-electron chi connectivity index (χ4n) is 6.47. The lowest BCUT2D eigenvalue weighted by Gasteiger charge is -2.44. The second-order valence-electron chi connectivity index (χ2n) is 10.4. The molecule has 1 N–H and O–H groups in total. The highest BCUT2D eigenvalue weighted by Crippen LogP contribution is 2.44. The first-order valence-corrected chi connectivity index (χ1v) is 14.9. The van der Waals surface area contributed by atoms with Crippen LogP contribution in [0.4, 0.5) is 11.4 Å². The lowest BCUT2D eigenvalue weighted by molar-refractivity contribution is 0.461. The molecule has 3 fully saturated rings. The Morgan fingerprint density at radius 1 is 0.667 bits per heavy atom. The van der Waals surface area contributed by atoms with E-state index in [1.54, 1.807) is 0 Å². The molecule has 3 aliphatic rings. The first kappa shape index (κ1) is 23.9. The Labute approximate surface area is 221 Å². The van der Waals surface area contributed by atoms with Gasteiger partial charge in [0, 0.05) is 43.3 Å². The normalized spacial score (nSPS) is 25.1. The third-order valence-corrected chi connectivity index (χ3v) is 9.26. The number of para-hydroxylation sites is 2. The molecule has 0 saturated carbocycles. The molecule has 3 saturated heterocycles. The van der Waals surface area contributed by atoms with Gasteiger partial charge in [-0.1, -0.05) is 66.7 Å². The van der Waals surface area contributed by atoms with E-state index in [1.165, 1.54) is 65.9 Å². The molecule has 3 aliphatic heterocycles. The molecule has 0 aliphatic carbocycles. The summed E-state index contributed by atoms with van der Waals surface area (Å²) in [5, 5.41) is 3.73. The van der Waals surface area contributed by atoms with Crippen molar-refractivity contribution in [3.63, 3.8) is 0 Å². The van der Waals surface area contributed by atoms with Crippen molar-refractivity contribution in [1.29, 1.82) is 0 Å². The van der Waals surface area contributed by atoms with Gasteiger partial charge in [0.1, 0.15) is 0 Å². The zero-order valence-electron chi connectivity index (χ0n) is 21.2. The molecule has 3 unspecified atom stereocenters. The van der Waals surface area contributed by atoms with Crippen LogP contribution in [-0.2, 0) is 0 Å². The Bertz CT molecular complexity index is 1130. The summed E-state index contributed by atoms with van der Waals surface area (Å²) in [7, 11) is 0. The molecule has 3 aromatic rings. The summed E-state index contributed by atoms with van der Waals surface area (Å²) in [6.45, 7) is 4.18. The van der Waals surface area contributed by atoms with Crippen molar-refractivity contribution in [2.24, 2.45) is 0 Å². The van der Waals surface area contributed by atoms with Gasteiger partial charge in [-0.15, -0.1) is 0 Å². The largest absolute Gasteiger partial charge is 0.364 e. The molecule has 36 heavy (non-hydrogen) atoms. The molecule has 6 rings (SSSR count). The summed E-state index contributed by atoms with van der Waals surface area (Å²) < 4.78 is 0. The summed E-state index contributed by atoms with van der Waals surface area (Å²) >= 11 is 2.01. The van der Waals surface area contributed by atoms with E-state index in [2.05, 4.69) is 99.7 Å². The smallest absolute Gasteiger partial charge is 0.0687 e. The van der Waals surface area contributed by atoms with Gasteiger partial charge in [0.15, 0.2) is 0 Å². The number of piperazine rings is 1. The molecule has 0 amide bonds. The van der Waals surface area contributed by atoms with Crippen molar-refractivity contribution in [3.05, 3.63) is 101 Å². The fraction of sp³-hybridized carbons (Fsp3) is 0.406. The van der Waals surface area contributed by atoms with Gasteiger partial charge < -0.3 is 15.1 Å². The molecule has 3 heterocycles. The van der Waals surface area contributed by atoms with E-state index in [9.17, 15) is 0 Å². The first-order chi connectivity index (χ1) is 17.9. The maximum Gasteiger partial charge on any atom is 0.0687 e. The quantitative estimate of drug-likeness (QED) is 0.398. The third-order valence-electron chi connectivity index (χ3n) is 8.22. The van der Waals surface area contributed by atoms with Crippen LogP contribution in [0.15, 0.2) is 78.9 Å². The van der Waals surface area contributed by atoms with Gasteiger partial charge in [-0.2, -0.15) is 11.8 Å². The summed E-state index contributed by atoms with van der Waals surface area (Å²) in [5.74, 6) is 4.31. The van der Waals surface area contributed by atoms with Crippen molar-refractivity contribution < 1.29 is 0 Å². The fourth-order valence-corrected chi connectivity index (χ4v) is 7.46. The second kappa shape index (κ2) is 11.3. The van der Waals surface area contributed by atoms with Crippen LogP contribution in [0.2, 0.25) is 0 Å². The van der Waals surface area contributed by atoms with Crippen molar-refractivity contribution in [3.8, 4) is 0 Å². The van der Waals surface area contributed by atoms with Gasteiger partial charge >= 0.3 is 0 Å². The molecule has 4 heteroatoms. The number of anilines is 2. The molecule has 187 valence electrons. The SMILES string of the molecule is [CH]1SCCCC1c1ccccc1N1CCNCC1c1ccccc1N1CCCCC1c1ccccc1. The minimum Gasteiger partial charge on any atom is -0.364 e. The lowest BCUT2D eigenvalue weighted by atomic mass is 9.90. The summed E-state index contributed by atoms with van der Waals surface area (Å²) in [6.07, 6.45) is 6.37. The number of nitrogens with one attached hydrogen (secondary N) is 1. The molecular weight excluding hydrogens is 458 g/mol. The van der Waals surface area contributed by atoms with Crippen LogP contribution < -0.4 is 15.1 Å². The van der Waals surface area contributed by atoms with Crippen LogP contribution in [0.5, 0.6) is 0 Å². The van der Waals surface area contributed by atoms with Gasteiger partial charge in [0.2, 0.25) is 0 Å². The minimum absolute atomic E-state index is 0.325. The molecule has 0 aromatic heterocycles. The monoisotopic (exact) mass is 496 g/mol. The zero-order valence-corrected chi connectivity index (χ0v) is 22.0. The van der Waals surface area contributed by atoms with Crippen LogP contribution in [0.25, 0.3) is 0 Å². The highest BCUT2D eigenvalue weighted by Gasteiger charge is 2.32. The van der Waals surface area contributed by atoms with Crippen LogP contribution in [0.1, 0.15) is 66.8 Å². The minimum atomic E-state index is 0.325. The maximum atomic E-state index is 3.73. The van der Waals surface area contributed by atoms with Crippen molar-refractivity contribution >= 4 is 23.1 Å². The highest BCUT2D eigenvalue weighted by molar-refractivity contribution is 8.01. The molecule has 0 bridgehead atoms. The summed E-state index contributed by atoms with van der Waals surface area (Å²) in [4.78, 5) is 5.41. The average molecular weight is 497 g/mol. The van der Waals surface area contributed by atoms with Crippen molar-refractivity contribution in [2.45, 2.75) is 50.1 Å². The Kier molecular flexibility index (Phi) is 7.52. The van der Waals surface area contributed by atoms with Gasteiger partial charge in [0.25, 0.3) is 0 Å². The predicted octanol–water partition coefficient (Wildman–Crippen LogP) is 7.34. The molecule has 0 spiro atoms. The Morgan fingerprint density at radius 3 is 2.19 bits per heavy atom. The molecule has 3 nitrogen and oxygen atoms in total. The van der Waals surface area contributed by atoms with E-state index in [0.717, 1.165) is 26.2 Å². The second-order valence-corrected chi connectivity index (χ2v) is 11.4. The average Bonchev–Trinajstić information content (AvgIpc) is 2.98. The molecule has 1 radical (unpaired) electrons. The van der Waals surface area contributed by atoms with E-state index in [4.69, 9.17) is 0 Å². The number of piperidine rings is 1. The number of nitrogens with zero attached hydrogens (tertiary/aromatic N) is 2. The van der Waals surface area contributed by atoms with Gasteiger partial charge in [0.05, 0.1) is 12.1 Å². The van der Waals surface area contributed by atoms with E-state index < -0.39 is 0 Å². The number of thioether (sulfide) groups is 1. The number of hydrogen-bond acceptors (Lipinski definition) is 4. The molecular formula is C32H38N3S. The Hall–Kier alpha value is -2.43. The topological polar surface area (TPSA) is 18.5 Å². The van der Waals surface area contributed by atoms with Gasteiger partial charge in [-0.25, -0.2) is 0 Å². The lowest BCUT2D eigenvalue weighted by Crippen LogP contribution is -2.47. The Balaban J connectivity index is 1.37. The maximum absolute atomic E-state index is 3.73. The predicted molar refractivity (Wildman–Crippen MR) is 155 cm³/mol. The van der Waals surface area contributed by atoms with Gasteiger partial charge in [-0.3, -0.25) is 0 Å². The van der Waals surface area contributed by atoms with Gasteiger partial charge in [-0.05, 0) is 72.6 Å². The standard InChI is InChI=1S/C32H38N3S/c1-2-11-25(12-3-1)29-16-8-9-20-34(29)31-18-7-5-15-28(31)32-23-33-19-21-35(32)30-17-6-4-14-27(30)26-13-10-22-36-24-26/h1-7,11-12,14-15,17-18,24,26,29,32-33H,8-10,13,16,19-23H2. The summed E-state index contributed by atoms with van der Waals surface area (Å²) in [6, 6.07) is 30.4. The highest BCUT2D eigenvalue weighted by atomic mass is 32.2. The first-order valence-electron chi connectivity index (χ1n) is 13.8. The van der Waals surface area contributed by atoms with Crippen LogP contribution in [0, 0.1) is 5.75 Å². The number of benzene rings is 3. The van der Waals surface area contributed by atoms with Crippen LogP contribution >= 0.6 is 11.8 Å².